The van der Waals surface area contributed by atoms with Crippen LogP contribution in [-0.2, 0) is 46.8 Å². The molecule has 6 nitrogen and oxygen atoms in total. The van der Waals surface area contributed by atoms with Gasteiger partial charge in [0.2, 0.25) is 12.1 Å². The highest BCUT2D eigenvalue weighted by atomic mass is 32.2. The van der Waals surface area contributed by atoms with Crippen molar-refractivity contribution in [3.63, 3.8) is 0 Å². The van der Waals surface area contributed by atoms with Gasteiger partial charge in [0.05, 0.1) is 6.42 Å². The normalized spacial score (nSPS) is 25.0. The van der Waals surface area contributed by atoms with Gasteiger partial charge in [-0.15, -0.1) is 0 Å². The first-order valence-corrected chi connectivity index (χ1v) is 12.4. The summed E-state index contributed by atoms with van der Waals surface area (Å²) in [5, 5.41) is 10.5. The highest BCUT2D eigenvalue weighted by molar-refractivity contribution is 7.95. The Morgan fingerprint density at radius 3 is 2.50 bits per heavy atom. The molecular weight excluding hydrogens is 396 g/mol. The minimum atomic E-state index is -3.28. The number of nitrogens with one attached hydrogen (secondary N) is 1. The van der Waals surface area contributed by atoms with Gasteiger partial charge < -0.3 is 0 Å². The van der Waals surface area contributed by atoms with E-state index < -0.39 is 9.92 Å². The van der Waals surface area contributed by atoms with Gasteiger partial charge in [-0.05, 0) is 99.7 Å². The van der Waals surface area contributed by atoms with Crippen molar-refractivity contribution in [2.24, 2.45) is 4.36 Å². The molecule has 30 heavy (non-hydrogen) atoms. The van der Waals surface area contributed by atoms with Gasteiger partial charge in [0.15, 0.2) is 9.92 Å². The SMILES string of the molecule is CN1CCCC1(C)C=CS(=O)(=NC#N)NC(=O)Cc1c2c(cc3c1CCC3)CCC2. The number of aryl methyl sites for hydroxylation is 2. The molecule has 1 saturated heterocycles. The lowest BCUT2D eigenvalue weighted by molar-refractivity contribution is -0.118. The lowest BCUT2D eigenvalue weighted by Crippen LogP contribution is -2.37. The van der Waals surface area contributed by atoms with E-state index in [1.54, 1.807) is 6.19 Å². The van der Waals surface area contributed by atoms with Crippen LogP contribution in [0.5, 0.6) is 0 Å². The summed E-state index contributed by atoms with van der Waals surface area (Å²) in [7, 11) is -1.25. The molecule has 2 aliphatic carbocycles. The molecule has 4 rings (SSSR count). The first kappa shape index (κ1) is 21.1. The lowest BCUT2D eigenvalue weighted by atomic mass is 9.92. The average molecular weight is 427 g/mol. The van der Waals surface area contributed by atoms with E-state index in [4.69, 9.17) is 5.26 Å². The van der Waals surface area contributed by atoms with Crippen molar-refractivity contribution in [2.45, 2.75) is 70.3 Å². The summed E-state index contributed by atoms with van der Waals surface area (Å²) in [6, 6.07) is 2.34. The molecule has 1 heterocycles. The molecule has 0 spiro atoms. The fourth-order valence-electron chi connectivity index (χ4n) is 5.23. The highest BCUT2D eigenvalue weighted by Crippen LogP contribution is 2.35. The van der Waals surface area contributed by atoms with Crippen molar-refractivity contribution >= 4 is 15.8 Å². The smallest absolute Gasteiger partial charge is 0.236 e. The Morgan fingerprint density at radius 2 is 1.93 bits per heavy atom. The number of nitriles is 1. The van der Waals surface area contributed by atoms with E-state index in [1.807, 2.05) is 13.1 Å². The summed E-state index contributed by atoms with van der Waals surface area (Å²) in [5.41, 5.74) is 6.26. The number of nitrogens with zero attached hydrogens (tertiary/aromatic N) is 3. The number of likely N-dealkylation sites (tertiary alicyclic amines) is 1. The van der Waals surface area contributed by atoms with E-state index in [9.17, 15) is 9.00 Å². The van der Waals surface area contributed by atoms with Crippen molar-refractivity contribution in [2.75, 3.05) is 13.6 Å². The van der Waals surface area contributed by atoms with Crippen molar-refractivity contribution in [1.29, 1.82) is 5.26 Å². The van der Waals surface area contributed by atoms with E-state index in [2.05, 4.69) is 27.0 Å². The topological polar surface area (TPSA) is 85.6 Å². The van der Waals surface area contributed by atoms with Crippen molar-refractivity contribution in [3.05, 3.63) is 45.4 Å². The zero-order valence-corrected chi connectivity index (χ0v) is 18.7. The van der Waals surface area contributed by atoms with E-state index >= 15 is 0 Å². The third-order valence-electron chi connectivity index (χ3n) is 7.03. The molecule has 2 atom stereocenters. The Hall–Kier alpha value is -2.17. The number of carbonyl (C=O) groups excluding carboxylic acids is 1. The van der Waals surface area contributed by atoms with Gasteiger partial charge in [0.1, 0.15) is 0 Å². The third-order valence-corrected chi connectivity index (χ3v) is 8.41. The Labute approximate surface area is 179 Å². The number of likely N-dealkylation sites (N-methyl/N-ethyl adjacent to an activating group) is 1. The van der Waals surface area contributed by atoms with Crippen LogP contribution in [0.3, 0.4) is 0 Å². The van der Waals surface area contributed by atoms with Gasteiger partial charge >= 0.3 is 0 Å². The number of amides is 1. The van der Waals surface area contributed by atoms with Gasteiger partial charge in [-0.1, -0.05) is 16.5 Å². The minimum absolute atomic E-state index is 0.203. The summed E-state index contributed by atoms with van der Waals surface area (Å²) >= 11 is 0. The van der Waals surface area contributed by atoms with Gasteiger partial charge in [-0.2, -0.15) is 5.26 Å². The molecule has 1 aliphatic heterocycles. The molecule has 1 amide bonds. The quantitative estimate of drug-likeness (QED) is 0.733. The molecule has 1 fully saturated rings. The van der Waals surface area contributed by atoms with E-state index in [-0.39, 0.29) is 17.9 Å². The molecule has 0 saturated carbocycles. The van der Waals surface area contributed by atoms with Gasteiger partial charge in [0.25, 0.3) is 0 Å². The van der Waals surface area contributed by atoms with E-state index in [1.165, 1.54) is 27.7 Å². The predicted molar refractivity (Wildman–Crippen MR) is 118 cm³/mol. The summed E-state index contributed by atoms with van der Waals surface area (Å²) < 4.78 is 19.4. The number of carbonyl (C=O) groups is 1. The monoisotopic (exact) mass is 426 g/mol. The van der Waals surface area contributed by atoms with Crippen LogP contribution in [-0.4, -0.2) is 34.1 Å². The number of benzene rings is 1. The Kier molecular flexibility index (Phi) is 5.73. The second-order valence-corrected chi connectivity index (χ2v) is 10.8. The summed E-state index contributed by atoms with van der Waals surface area (Å²) in [4.78, 5) is 15.1. The fraction of sp³-hybridized carbons (Fsp3) is 0.565. The lowest BCUT2D eigenvalue weighted by Gasteiger charge is -2.28. The van der Waals surface area contributed by atoms with Gasteiger partial charge in [-0.25, -0.2) is 4.21 Å². The molecule has 3 aliphatic rings. The van der Waals surface area contributed by atoms with E-state index in [0.717, 1.165) is 63.5 Å². The Morgan fingerprint density at radius 1 is 1.27 bits per heavy atom. The van der Waals surface area contributed by atoms with Crippen LogP contribution in [0.15, 0.2) is 21.9 Å². The molecule has 1 aromatic rings. The first-order valence-electron chi connectivity index (χ1n) is 10.9. The molecule has 2 unspecified atom stereocenters. The fourth-order valence-corrected chi connectivity index (χ4v) is 6.40. The molecule has 0 radical (unpaired) electrons. The molecule has 160 valence electrons. The molecule has 0 bridgehead atoms. The highest BCUT2D eigenvalue weighted by Gasteiger charge is 2.32. The second-order valence-electron chi connectivity index (χ2n) is 8.98. The van der Waals surface area contributed by atoms with Crippen LogP contribution < -0.4 is 4.72 Å². The van der Waals surface area contributed by atoms with Crippen LogP contribution >= 0.6 is 0 Å². The Balaban J connectivity index is 1.57. The zero-order chi connectivity index (χ0) is 21.4. The Bertz CT molecular complexity index is 1030. The maximum absolute atomic E-state index is 13.2. The number of fused-ring (bicyclic) bond motifs is 2. The summed E-state index contributed by atoms with van der Waals surface area (Å²) in [6.07, 6.45) is 12.1. The third kappa shape index (κ3) is 4.03. The molecule has 1 N–H and O–H groups in total. The van der Waals surface area contributed by atoms with Gasteiger partial charge in [-0.3, -0.25) is 14.4 Å². The number of hydrogen-bond acceptors (Lipinski definition) is 5. The molecule has 1 aromatic carbocycles. The van der Waals surface area contributed by atoms with Gasteiger partial charge in [0, 0.05) is 10.9 Å². The van der Waals surface area contributed by atoms with Crippen LogP contribution in [0.1, 0.15) is 60.4 Å². The largest absolute Gasteiger partial charge is 0.297 e. The van der Waals surface area contributed by atoms with Crippen LogP contribution in [0.4, 0.5) is 0 Å². The van der Waals surface area contributed by atoms with Crippen molar-refractivity contribution in [1.82, 2.24) is 9.62 Å². The molecule has 0 aromatic heterocycles. The molecular formula is C23H30N4O2S. The number of hydrogen-bond donors (Lipinski definition) is 1. The molecule has 7 heteroatoms. The summed E-state index contributed by atoms with van der Waals surface area (Å²) in [6.45, 7) is 3.04. The van der Waals surface area contributed by atoms with Crippen molar-refractivity contribution < 1.29 is 9.00 Å². The van der Waals surface area contributed by atoms with Crippen LogP contribution in [0.2, 0.25) is 0 Å². The standard InChI is InChI=1S/C23H30N4O2S/c1-23(10-5-12-27(23)2)11-13-30(29,25-16-24)26-22(28)15-21-19-8-3-6-17(19)14-18-7-4-9-20(18)21/h11,13-14H,3-10,12,15H2,1-2H3,(H,25,26,28,29). The predicted octanol–water partition coefficient (Wildman–Crippen LogP) is 3.18. The maximum atomic E-state index is 13.2. The number of rotatable bonds is 5. The first-order chi connectivity index (χ1) is 14.3. The van der Waals surface area contributed by atoms with Crippen LogP contribution in [0, 0.1) is 11.5 Å². The second kappa shape index (κ2) is 8.16. The zero-order valence-electron chi connectivity index (χ0n) is 17.9. The van der Waals surface area contributed by atoms with Crippen molar-refractivity contribution in [3.8, 4) is 6.19 Å². The summed E-state index contributed by atoms with van der Waals surface area (Å²) in [5.74, 6) is -0.331. The maximum Gasteiger partial charge on any atom is 0.236 e. The van der Waals surface area contributed by atoms with E-state index in [0.29, 0.717) is 0 Å². The average Bonchev–Trinajstić information content (AvgIpc) is 3.41. The minimum Gasteiger partial charge on any atom is -0.297 e. The van der Waals surface area contributed by atoms with Crippen LogP contribution in [0.25, 0.3) is 0 Å².